The molecule has 0 saturated carbocycles. The quantitative estimate of drug-likeness (QED) is 0.279. The van der Waals surface area contributed by atoms with Crippen molar-refractivity contribution in [3.8, 4) is 17.2 Å². The van der Waals surface area contributed by atoms with Crippen LogP contribution < -0.4 is 0 Å². The SMILES string of the molecule is O=[N+]([O-])c1cc(C=Nc2ccc(O)c(-c3nc4ccccc4o3)c2)ccc1Cl. The summed E-state index contributed by atoms with van der Waals surface area (Å²) in [5.41, 5.74) is 2.54. The molecule has 0 saturated heterocycles. The summed E-state index contributed by atoms with van der Waals surface area (Å²) >= 11 is 5.82. The summed E-state index contributed by atoms with van der Waals surface area (Å²) in [6.07, 6.45) is 1.48. The van der Waals surface area contributed by atoms with E-state index in [2.05, 4.69) is 9.98 Å². The summed E-state index contributed by atoms with van der Waals surface area (Å²) in [6.45, 7) is 0. The summed E-state index contributed by atoms with van der Waals surface area (Å²) in [4.78, 5) is 19.1. The highest BCUT2D eigenvalue weighted by atomic mass is 35.5. The van der Waals surface area contributed by atoms with Crippen LogP contribution in [0, 0.1) is 10.1 Å². The maximum absolute atomic E-state index is 11.0. The number of benzene rings is 3. The van der Waals surface area contributed by atoms with Crippen LogP contribution in [0.15, 0.2) is 70.1 Å². The molecule has 0 aliphatic rings. The number of aliphatic imine (C=N–C) groups is 1. The predicted octanol–water partition coefficient (Wildman–Crippen LogP) is 5.51. The van der Waals surface area contributed by atoms with Crippen molar-refractivity contribution in [3.05, 3.63) is 81.4 Å². The first-order valence-corrected chi connectivity index (χ1v) is 8.56. The first kappa shape index (κ1) is 17.7. The molecule has 0 atom stereocenters. The van der Waals surface area contributed by atoms with E-state index in [1.54, 1.807) is 24.3 Å². The number of nitro benzene ring substituents is 1. The fourth-order valence-corrected chi connectivity index (χ4v) is 2.85. The summed E-state index contributed by atoms with van der Waals surface area (Å²) in [5, 5.41) is 21.2. The maximum Gasteiger partial charge on any atom is 0.288 e. The minimum atomic E-state index is -0.550. The topological polar surface area (TPSA) is 102 Å². The van der Waals surface area contributed by atoms with Gasteiger partial charge in [0.2, 0.25) is 5.89 Å². The standard InChI is InChI=1S/C20H12ClN3O4/c21-15-7-5-12(9-17(15)24(26)27)11-22-13-6-8-18(25)14(10-13)20-23-16-3-1-2-4-19(16)28-20/h1-11,25H. The third-order valence-electron chi connectivity index (χ3n) is 4.03. The molecule has 7 nitrogen and oxygen atoms in total. The first-order chi connectivity index (χ1) is 13.5. The average Bonchev–Trinajstić information content (AvgIpc) is 3.12. The van der Waals surface area contributed by atoms with Crippen molar-refractivity contribution in [3.63, 3.8) is 0 Å². The number of aromatic nitrogens is 1. The molecule has 1 N–H and O–H groups in total. The van der Waals surface area contributed by atoms with Gasteiger partial charge < -0.3 is 9.52 Å². The molecule has 0 aliphatic heterocycles. The van der Waals surface area contributed by atoms with E-state index in [-0.39, 0.29) is 22.4 Å². The number of nitro groups is 1. The number of phenolic OH excluding ortho intramolecular Hbond substituents is 1. The monoisotopic (exact) mass is 393 g/mol. The lowest BCUT2D eigenvalue weighted by molar-refractivity contribution is -0.384. The van der Waals surface area contributed by atoms with Crippen molar-refractivity contribution in [2.45, 2.75) is 0 Å². The van der Waals surface area contributed by atoms with Crippen molar-refractivity contribution in [1.29, 1.82) is 0 Å². The number of phenols is 1. The summed E-state index contributed by atoms with van der Waals surface area (Å²) in [6, 6.07) is 16.4. The number of hydrogen-bond donors (Lipinski definition) is 1. The van der Waals surface area contributed by atoms with Crippen molar-refractivity contribution < 1.29 is 14.4 Å². The molecule has 8 heteroatoms. The van der Waals surface area contributed by atoms with Crippen LogP contribution in [0.4, 0.5) is 11.4 Å². The average molecular weight is 394 g/mol. The zero-order valence-corrected chi connectivity index (χ0v) is 15.0. The fraction of sp³-hybridized carbons (Fsp3) is 0. The van der Waals surface area contributed by atoms with Gasteiger partial charge in [-0.15, -0.1) is 0 Å². The lowest BCUT2D eigenvalue weighted by Gasteiger charge is -2.02. The molecule has 0 aliphatic carbocycles. The van der Waals surface area contributed by atoms with E-state index < -0.39 is 4.92 Å². The highest BCUT2D eigenvalue weighted by Crippen LogP contribution is 2.34. The van der Waals surface area contributed by atoms with Gasteiger partial charge in [-0.3, -0.25) is 15.1 Å². The second-order valence-electron chi connectivity index (χ2n) is 5.91. The van der Waals surface area contributed by atoms with E-state index in [9.17, 15) is 15.2 Å². The summed E-state index contributed by atoms with van der Waals surface area (Å²) in [5.74, 6) is 0.283. The largest absolute Gasteiger partial charge is 0.507 e. The van der Waals surface area contributed by atoms with Crippen LogP contribution in [0.3, 0.4) is 0 Å². The smallest absolute Gasteiger partial charge is 0.288 e. The zero-order chi connectivity index (χ0) is 19.7. The summed E-state index contributed by atoms with van der Waals surface area (Å²) < 4.78 is 5.70. The van der Waals surface area contributed by atoms with E-state index in [1.807, 2.05) is 18.2 Å². The Kier molecular flexibility index (Phi) is 4.50. The number of fused-ring (bicyclic) bond motifs is 1. The second kappa shape index (κ2) is 7.13. The highest BCUT2D eigenvalue weighted by molar-refractivity contribution is 6.32. The summed E-state index contributed by atoms with van der Waals surface area (Å²) in [7, 11) is 0. The molecule has 0 bridgehead atoms. The third kappa shape index (κ3) is 3.43. The Morgan fingerprint density at radius 2 is 1.96 bits per heavy atom. The number of rotatable bonds is 4. The van der Waals surface area contributed by atoms with Gasteiger partial charge in [-0.05, 0) is 42.0 Å². The molecule has 4 aromatic rings. The van der Waals surface area contributed by atoms with Crippen LogP contribution in [0.5, 0.6) is 5.75 Å². The minimum absolute atomic E-state index is 0.00707. The van der Waals surface area contributed by atoms with Crippen molar-refractivity contribution in [2.24, 2.45) is 4.99 Å². The molecule has 138 valence electrons. The van der Waals surface area contributed by atoms with Crippen LogP contribution in [-0.2, 0) is 0 Å². The van der Waals surface area contributed by atoms with Crippen molar-refractivity contribution in [2.75, 3.05) is 0 Å². The van der Waals surface area contributed by atoms with E-state index in [0.717, 1.165) is 0 Å². The van der Waals surface area contributed by atoms with Crippen molar-refractivity contribution >= 4 is 40.3 Å². The highest BCUT2D eigenvalue weighted by Gasteiger charge is 2.14. The van der Waals surface area contributed by atoms with Gasteiger partial charge in [-0.25, -0.2) is 4.98 Å². The van der Waals surface area contributed by atoms with E-state index in [1.165, 1.54) is 24.4 Å². The molecule has 28 heavy (non-hydrogen) atoms. The van der Waals surface area contributed by atoms with E-state index >= 15 is 0 Å². The van der Waals surface area contributed by atoms with Gasteiger partial charge in [0.1, 0.15) is 16.3 Å². The minimum Gasteiger partial charge on any atom is -0.507 e. The van der Waals surface area contributed by atoms with Crippen LogP contribution in [-0.4, -0.2) is 21.2 Å². The Bertz CT molecular complexity index is 1200. The molecule has 1 heterocycles. The molecule has 0 radical (unpaired) electrons. The number of para-hydroxylation sites is 2. The van der Waals surface area contributed by atoms with Crippen molar-refractivity contribution in [1.82, 2.24) is 4.98 Å². The molecule has 0 unspecified atom stereocenters. The molecule has 0 fully saturated rings. The Morgan fingerprint density at radius 1 is 1.14 bits per heavy atom. The van der Waals surface area contributed by atoms with Crippen LogP contribution in [0.1, 0.15) is 5.56 Å². The molecule has 0 amide bonds. The molecule has 1 aromatic heterocycles. The fourth-order valence-electron chi connectivity index (χ4n) is 2.66. The van der Waals surface area contributed by atoms with E-state index in [4.69, 9.17) is 16.0 Å². The Morgan fingerprint density at radius 3 is 2.75 bits per heavy atom. The van der Waals surface area contributed by atoms with Gasteiger partial charge in [-0.2, -0.15) is 0 Å². The number of hydrogen-bond acceptors (Lipinski definition) is 6. The van der Waals surface area contributed by atoms with Crippen LogP contribution >= 0.6 is 11.6 Å². The Hall–Kier alpha value is -3.71. The lowest BCUT2D eigenvalue weighted by Crippen LogP contribution is -1.91. The molecule has 0 spiro atoms. The molecular weight excluding hydrogens is 382 g/mol. The second-order valence-corrected chi connectivity index (χ2v) is 6.32. The predicted molar refractivity (Wildman–Crippen MR) is 106 cm³/mol. The van der Waals surface area contributed by atoms with E-state index in [0.29, 0.717) is 27.9 Å². The first-order valence-electron chi connectivity index (χ1n) is 8.18. The van der Waals surface area contributed by atoms with Gasteiger partial charge in [0.15, 0.2) is 5.58 Å². The van der Waals surface area contributed by atoms with Gasteiger partial charge in [0.05, 0.1) is 16.2 Å². The number of aromatic hydroxyl groups is 1. The lowest BCUT2D eigenvalue weighted by atomic mass is 10.1. The van der Waals surface area contributed by atoms with Gasteiger partial charge in [0, 0.05) is 12.3 Å². The van der Waals surface area contributed by atoms with Gasteiger partial charge >= 0.3 is 0 Å². The van der Waals surface area contributed by atoms with Gasteiger partial charge in [-0.1, -0.05) is 29.8 Å². The third-order valence-corrected chi connectivity index (χ3v) is 4.35. The molecular formula is C20H12ClN3O4. The number of nitrogens with zero attached hydrogens (tertiary/aromatic N) is 3. The van der Waals surface area contributed by atoms with Crippen LogP contribution in [0.2, 0.25) is 5.02 Å². The maximum atomic E-state index is 11.0. The zero-order valence-electron chi connectivity index (χ0n) is 14.2. The Balaban J connectivity index is 1.68. The molecule has 4 rings (SSSR count). The van der Waals surface area contributed by atoms with Gasteiger partial charge in [0.25, 0.3) is 5.69 Å². The number of oxazole rings is 1. The normalized spacial score (nSPS) is 11.3. The number of halogens is 1. The van der Waals surface area contributed by atoms with Crippen LogP contribution in [0.25, 0.3) is 22.6 Å². The Labute approximate surface area is 163 Å². The molecule has 3 aromatic carbocycles.